The van der Waals surface area contributed by atoms with Crippen molar-refractivity contribution in [3.63, 3.8) is 0 Å². The van der Waals surface area contributed by atoms with Gasteiger partial charge >= 0.3 is 0 Å². The molecule has 2 N–H and O–H groups in total. The molecule has 1 heterocycles. The first-order chi connectivity index (χ1) is 15.6. The van der Waals surface area contributed by atoms with E-state index in [4.69, 9.17) is 9.97 Å². The van der Waals surface area contributed by atoms with Crippen LogP contribution in [-0.4, -0.2) is 43.2 Å². The van der Waals surface area contributed by atoms with Crippen LogP contribution in [0.15, 0.2) is 54.6 Å². The van der Waals surface area contributed by atoms with Crippen molar-refractivity contribution in [3.8, 4) is 0 Å². The van der Waals surface area contributed by atoms with Crippen LogP contribution in [-0.2, 0) is 0 Å². The summed E-state index contributed by atoms with van der Waals surface area (Å²) in [4.78, 5) is 11.6. The predicted octanol–water partition coefficient (Wildman–Crippen LogP) is 5.45. The molecular formula is C27H37N5. The van der Waals surface area contributed by atoms with Crippen molar-refractivity contribution < 1.29 is 0 Å². The molecule has 1 aromatic heterocycles. The van der Waals surface area contributed by atoms with Gasteiger partial charge in [-0.1, -0.05) is 49.4 Å². The minimum atomic E-state index is 0.459. The summed E-state index contributed by atoms with van der Waals surface area (Å²) in [7, 11) is 4.08. The Morgan fingerprint density at radius 2 is 1.66 bits per heavy atom. The molecule has 3 aromatic rings. The van der Waals surface area contributed by atoms with Crippen molar-refractivity contribution in [1.82, 2.24) is 15.3 Å². The molecule has 1 aliphatic rings. The molecule has 0 spiro atoms. The van der Waals surface area contributed by atoms with Gasteiger partial charge < -0.3 is 15.5 Å². The van der Waals surface area contributed by atoms with Gasteiger partial charge in [-0.05, 0) is 74.7 Å². The van der Waals surface area contributed by atoms with Crippen molar-refractivity contribution in [2.45, 2.75) is 51.0 Å². The Kier molecular flexibility index (Phi) is 7.59. The number of aromatic nitrogens is 2. The maximum absolute atomic E-state index is 4.81. The maximum atomic E-state index is 4.81. The van der Waals surface area contributed by atoms with Gasteiger partial charge in [-0.25, -0.2) is 4.98 Å². The molecule has 4 rings (SSSR count). The number of fused-ring (bicyclic) bond motifs is 1. The number of benzene rings is 2. The van der Waals surface area contributed by atoms with Gasteiger partial charge in [0.1, 0.15) is 5.82 Å². The molecule has 0 saturated heterocycles. The molecule has 0 radical (unpaired) electrons. The lowest BCUT2D eigenvalue weighted by Gasteiger charge is -2.29. The average Bonchev–Trinajstić information content (AvgIpc) is 2.82. The smallest absolute Gasteiger partial charge is 0.225 e. The number of hydrogen-bond donors (Lipinski definition) is 2. The van der Waals surface area contributed by atoms with Gasteiger partial charge in [0.15, 0.2) is 0 Å². The highest BCUT2D eigenvalue weighted by Gasteiger charge is 2.22. The molecule has 1 fully saturated rings. The Balaban J connectivity index is 1.22. The summed E-state index contributed by atoms with van der Waals surface area (Å²) >= 11 is 0. The molecule has 32 heavy (non-hydrogen) atoms. The van der Waals surface area contributed by atoms with Crippen LogP contribution >= 0.6 is 0 Å². The first-order valence-corrected chi connectivity index (χ1v) is 12.1. The Morgan fingerprint density at radius 3 is 2.41 bits per heavy atom. The van der Waals surface area contributed by atoms with Gasteiger partial charge in [-0.2, -0.15) is 4.98 Å². The van der Waals surface area contributed by atoms with Gasteiger partial charge in [0.25, 0.3) is 0 Å². The molecule has 0 bridgehead atoms. The number of anilines is 2. The van der Waals surface area contributed by atoms with Crippen LogP contribution in [0.1, 0.15) is 50.5 Å². The standard InChI is InChI=1S/C27H37N5/c1-20(22-9-5-4-6-10-22)17-18-28-19-21-13-15-23(16-14-21)29-27-30-25-12-8-7-11-24(25)26(31-27)32(2)3/h4-12,20-21,23,28H,13-19H2,1-3H3,(H,29,30,31)/t20?,21-,23+. The minimum Gasteiger partial charge on any atom is -0.362 e. The molecular weight excluding hydrogens is 394 g/mol. The minimum absolute atomic E-state index is 0.459. The van der Waals surface area contributed by atoms with E-state index in [1.165, 1.54) is 37.7 Å². The lowest BCUT2D eigenvalue weighted by atomic mass is 9.86. The maximum Gasteiger partial charge on any atom is 0.225 e. The van der Waals surface area contributed by atoms with Crippen molar-refractivity contribution >= 4 is 22.7 Å². The summed E-state index contributed by atoms with van der Waals surface area (Å²) in [6, 6.07) is 19.5. The van der Waals surface area contributed by atoms with Crippen LogP contribution in [0.4, 0.5) is 11.8 Å². The second-order valence-electron chi connectivity index (χ2n) is 9.45. The molecule has 1 unspecified atom stereocenters. The third-order valence-corrected chi connectivity index (χ3v) is 6.74. The highest BCUT2D eigenvalue weighted by Crippen LogP contribution is 2.28. The summed E-state index contributed by atoms with van der Waals surface area (Å²) in [5, 5.41) is 8.43. The first-order valence-electron chi connectivity index (χ1n) is 12.1. The van der Waals surface area contributed by atoms with Crippen molar-refractivity contribution in [3.05, 3.63) is 60.2 Å². The molecule has 0 aliphatic heterocycles. The van der Waals surface area contributed by atoms with E-state index >= 15 is 0 Å². The Hall–Kier alpha value is -2.66. The van der Waals surface area contributed by atoms with E-state index in [1.54, 1.807) is 0 Å². The largest absolute Gasteiger partial charge is 0.362 e. The summed E-state index contributed by atoms with van der Waals surface area (Å²) in [6.45, 7) is 4.54. The summed E-state index contributed by atoms with van der Waals surface area (Å²) < 4.78 is 0. The lowest BCUT2D eigenvalue weighted by molar-refractivity contribution is 0.323. The summed E-state index contributed by atoms with van der Waals surface area (Å²) in [5.41, 5.74) is 2.44. The SMILES string of the molecule is CC(CCNC[C@H]1CC[C@@H](Nc2nc(N(C)C)c3ccccc3n2)CC1)c1ccccc1. The zero-order valence-corrected chi connectivity index (χ0v) is 19.7. The third-order valence-electron chi connectivity index (χ3n) is 6.74. The zero-order chi connectivity index (χ0) is 22.3. The molecule has 2 aromatic carbocycles. The van der Waals surface area contributed by atoms with Crippen LogP contribution in [0.3, 0.4) is 0 Å². The average molecular weight is 432 g/mol. The fourth-order valence-corrected chi connectivity index (χ4v) is 4.73. The molecule has 5 heteroatoms. The van der Waals surface area contributed by atoms with Crippen LogP contribution in [0, 0.1) is 5.92 Å². The van der Waals surface area contributed by atoms with Crippen LogP contribution in [0.25, 0.3) is 10.9 Å². The fraction of sp³-hybridized carbons (Fsp3) is 0.481. The fourth-order valence-electron chi connectivity index (χ4n) is 4.73. The predicted molar refractivity (Wildman–Crippen MR) is 136 cm³/mol. The van der Waals surface area contributed by atoms with Crippen molar-refractivity contribution in [1.29, 1.82) is 0 Å². The second-order valence-corrected chi connectivity index (χ2v) is 9.45. The molecule has 5 nitrogen and oxygen atoms in total. The zero-order valence-electron chi connectivity index (χ0n) is 19.7. The highest BCUT2D eigenvalue weighted by molar-refractivity contribution is 5.90. The highest BCUT2D eigenvalue weighted by atomic mass is 15.2. The van der Waals surface area contributed by atoms with Crippen LogP contribution in [0.5, 0.6) is 0 Å². The van der Waals surface area contributed by atoms with Gasteiger partial charge in [0, 0.05) is 25.5 Å². The Morgan fingerprint density at radius 1 is 0.938 bits per heavy atom. The molecule has 1 aliphatic carbocycles. The topological polar surface area (TPSA) is 53.1 Å². The lowest BCUT2D eigenvalue weighted by Crippen LogP contribution is -2.32. The second kappa shape index (κ2) is 10.8. The molecule has 170 valence electrons. The first kappa shape index (κ1) is 22.5. The Labute approximate surface area is 192 Å². The molecule has 0 amide bonds. The van der Waals surface area contributed by atoms with Crippen LogP contribution in [0.2, 0.25) is 0 Å². The van der Waals surface area contributed by atoms with E-state index < -0.39 is 0 Å². The van der Waals surface area contributed by atoms with Gasteiger partial charge in [-0.15, -0.1) is 0 Å². The summed E-state index contributed by atoms with van der Waals surface area (Å²) in [6.07, 6.45) is 6.06. The molecule has 1 atom stereocenters. The van der Waals surface area contributed by atoms with E-state index in [1.807, 2.05) is 26.2 Å². The Bertz CT molecular complexity index is 980. The van der Waals surface area contributed by atoms with Gasteiger partial charge in [-0.3, -0.25) is 0 Å². The van der Waals surface area contributed by atoms with E-state index in [0.29, 0.717) is 12.0 Å². The molecule has 1 saturated carbocycles. The quantitative estimate of drug-likeness (QED) is 0.441. The van der Waals surface area contributed by atoms with E-state index in [9.17, 15) is 0 Å². The van der Waals surface area contributed by atoms with Crippen molar-refractivity contribution in [2.24, 2.45) is 5.92 Å². The van der Waals surface area contributed by atoms with E-state index in [2.05, 4.69) is 64.9 Å². The third kappa shape index (κ3) is 5.77. The van der Waals surface area contributed by atoms with E-state index in [-0.39, 0.29) is 0 Å². The van der Waals surface area contributed by atoms with E-state index in [0.717, 1.165) is 41.7 Å². The summed E-state index contributed by atoms with van der Waals surface area (Å²) in [5.74, 6) is 3.11. The van der Waals surface area contributed by atoms with Crippen molar-refractivity contribution in [2.75, 3.05) is 37.4 Å². The number of para-hydroxylation sites is 1. The number of rotatable bonds is 9. The number of nitrogens with one attached hydrogen (secondary N) is 2. The monoisotopic (exact) mass is 431 g/mol. The number of hydrogen-bond acceptors (Lipinski definition) is 5. The van der Waals surface area contributed by atoms with Crippen LogP contribution < -0.4 is 15.5 Å². The number of nitrogens with zero attached hydrogens (tertiary/aromatic N) is 3. The van der Waals surface area contributed by atoms with Gasteiger partial charge in [0.05, 0.1) is 5.52 Å². The van der Waals surface area contributed by atoms with Gasteiger partial charge in [0.2, 0.25) is 5.95 Å². The normalized spacial score (nSPS) is 19.6.